The molecule has 0 aromatic rings. The molecule has 2 aliphatic rings. The van der Waals surface area contributed by atoms with E-state index in [0.29, 0.717) is 12.8 Å². The maximum Gasteiger partial charge on any atom is 0.391 e. The Morgan fingerprint density at radius 2 is 2.10 bits per heavy atom. The lowest BCUT2D eigenvalue weighted by Gasteiger charge is -2.34. The van der Waals surface area contributed by atoms with Gasteiger partial charge in [0, 0.05) is 6.04 Å². The largest absolute Gasteiger partial charge is 0.391 e. The van der Waals surface area contributed by atoms with Gasteiger partial charge in [-0.1, -0.05) is 19.8 Å². The number of amides is 1. The molecule has 21 heavy (non-hydrogen) atoms. The van der Waals surface area contributed by atoms with Gasteiger partial charge in [0.1, 0.15) is 0 Å². The van der Waals surface area contributed by atoms with Crippen LogP contribution in [-0.2, 0) is 4.79 Å². The van der Waals surface area contributed by atoms with E-state index < -0.39 is 17.6 Å². The second-order valence-corrected chi connectivity index (χ2v) is 6.44. The summed E-state index contributed by atoms with van der Waals surface area (Å²) >= 11 is 0. The minimum atomic E-state index is -4.14. The van der Waals surface area contributed by atoms with E-state index >= 15 is 0 Å². The predicted molar refractivity (Wildman–Crippen MR) is 74.8 cm³/mol. The van der Waals surface area contributed by atoms with Crippen molar-refractivity contribution in [1.29, 1.82) is 0 Å². The number of hydrogen-bond donors (Lipinski definition) is 2. The van der Waals surface area contributed by atoms with Gasteiger partial charge in [-0.3, -0.25) is 4.79 Å². The molecule has 0 bridgehead atoms. The smallest absolute Gasteiger partial charge is 0.352 e. The molecule has 1 heterocycles. The summed E-state index contributed by atoms with van der Waals surface area (Å²) in [5, 5.41) is 6.15. The molecule has 2 fully saturated rings. The number of hydrogen-bond acceptors (Lipinski definition) is 2. The molecule has 6 heteroatoms. The van der Waals surface area contributed by atoms with E-state index in [1.54, 1.807) is 0 Å². The Kier molecular flexibility index (Phi) is 5.17. The molecule has 122 valence electrons. The fourth-order valence-corrected chi connectivity index (χ4v) is 3.70. The highest BCUT2D eigenvalue weighted by atomic mass is 19.4. The zero-order chi connectivity index (χ0) is 15.5. The van der Waals surface area contributed by atoms with Crippen molar-refractivity contribution in [3.63, 3.8) is 0 Å². The van der Waals surface area contributed by atoms with Crippen LogP contribution in [0.1, 0.15) is 58.3 Å². The molecule has 0 aromatic carbocycles. The van der Waals surface area contributed by atoms with Gasteiger partial charge >= 0.3 is 6.18 Å². The van der Waals surface area contributed by atoms with Gasteiger partial charge in [0.15, 0.2) is 0 Å². The van der Waals surface area contributed by atoms with Gasteiger partial charge in [-0.05, 0) is 45.1 Å². The molecular formula is C15H25F3N2O. The van der Waals surface area contributed by atoms with Crippen molar-refractivity contribution in [2.24, 2.45) is 5.92 Å². The van der Waals surface area contributed by atoms with Gasteiger partial charge in [0.25, 0.3) is 0 Å². The Bertz CT molecular complexity index is 364. The Morgan fingerprint density at radius 1 is 1.33 bits per heavy atom. The number of alkyl halides is 3. The predicted octanol–water partition coefficient (Wildman–Crippen LogP) is 3.15. The zero-order valence-electron chi connectivity index (χ0n) is 12.6. The maximum atomic E-state index is 12.8. The number of carbonyl (C=O) groups excluding carboxylic acids is 1. The van der Waals surface area contributed by atoms with E-state index in [1.165, 1.54) is 0 Å². The van der Waals surface area contributed by atoms with Crippen molar-refractivity contribution < 1.29 is 18.0 Å². The van der Waals surface area contributed by atoms with E-state index in [1.807, 2.05) is 6.92 Å². The minimum absolute atomic E-state index is 0.0252. The van der Waals surface area contributed by atoms with Crippen LogP contribution in [0.25, 0.3) is 0 Å². The van der Waals surface area contributed by atoms with Crippen LogP contribution in [0.2, 0.25) is 0 Å². The molecule has 0 spiro atoms. The van der Waals surface area contributed by atoms with Crippen LogP contribution < -0.4 is 10.6 Å². The summed E-state index contributed by atoms with van der Waals surface area (Å²) in [4.78, 5) is 12.5. The van der Waals surface area contributed by atoms with E-state index in [9.17, 15) is 18.0 Å². The number of halogens is 3. The lowest BCUT2D eigenvalue weighted by Crippen LogP contribution is -2.56. The molecule has 1 aliphatic carbocycles. The van der Waals surface area contributed by atoms with Crippen molar-refractivity contribution in [2.45, 2.75) is 76.0 Å². The summed E-state index contributed by atoms with van der Waals surface area (Å²) in [7, 11) is 0. The lowest BCUT2D eigenvalue weighted by molar-refractivity contribution is -0.184. The third kappa shape index (κ3) is 3.90. The van der Waals surface area contributed by atoms with Gasteiger partial charge in [0.2, 0.25) is 5.91 Å². The first-order valence-corrected chi connectivity index (χ1v) is 8.00. The lowest BCUT2D eigenvalue weighted by atomic mass is 9.84. The standard InChI is InChI=1S/C15H25F3N2O/c1-2-7-14(8-4-9-19-14)13(21)20-12-6-3-5-11(10-12)15(16,17)18/h11-12,19H,2-10H2,1H3,(H,20,21). The van der Waals surface area contributed by atoms with Crippen LogP contribution in [-0.4, -0.2) is 30.2 Å². The highest BCUT2D eigenvalue weighted by molar-refractivity contribution is 5.87. The summed E-state index contributed by atoms with van der Waals surface area (Å²) in [6.45, 7) is 2.83. The van der Waals surface area contributed by atoms with Crippen LogP contribution in [0, 0.1) is 5.92 Å². The summed E-state index contributed by atoms with van der Waals surface area (Å²) < 4.78 is 38.5. The molecule has 2 N–H and O–H groups in total. The monoisotopic (exact) mass is 306 g/mol. The molecule has 2 rings (SSSR count). The van der Waals surface area contributed by atoms with Crippen LogP contribution in [0.3, 0.4) is 0 Å². The molecule has 0 radical (unpaired) electrons. The van der Waals surface area contributed by atoms with Crippen LogP contribution >= 0.6 is 0 Å². The average Bonchev–Trinajstić information content (AvgIpc) is 2.88. The quantitative estimate of drug-likeness (QED) is 0.838. The highest BCUT2D eigenvalue weighted by Gasteiger charge is 2.44. The van der Waals surface area contributed by atoms with Crippen LogP contribution in [0.5, 0.6) is 0 Å². The van der Waals surface area contributed by atoms with Crippen LogP contribution in [0.4, 0.5) is 13.2 Å². The summed E-state index contributed by atoms with van der Waals surface area (Å²) in [5.74, 6) is -1.37. The van der Waals surface area contributed by atoms with E-state index in [0.717, 1.165) is 32.2 Å². The maximum absolute atomic E-state index is 12.8. The van der Waals surface area contributed by atoms with Crippen molar-refractivity contribution in [3.05, 3.63) is 0 Å². The molecule has 3 nitrogen and oxygen atoms in total. The van der Waals surface area contributed by atoms with E-state index in [-0.39, 0.29) is 24.8 Å². The third-order valence-corrected chi connectivity index (χ3v) is 4.83. The second kappa shape index (κ2) is 6.55. The fourth-order valence-electron chi connectivity index (χ4n) is 3.70. The number of nitrogens with one attached hydrogen (secondary N) is 2. The molecular weight excluding hydrogens is 281 g/mol. The number of rotatable bonds is 4. The molecule has 1 saturated heterocycles. The van der Waals surface area contributed by atoms with Gasteiger partial charge < -0.3 is 10.6 Å². The first-order chi connectivity index (χ1) is 9.87. The zero-order valence-corrected chi connectivity index (χ0v) is 12.6. The molecule has 1 aliphatic heterocycles. The first-order valence-electron chi connectivity index (χ1n) is 8.00. The van der Waals surface area contributed by atoms with E-state index in [4.69, 9.17) is 0 Å². The Hall–Kier alpha value is -0.780. The topological polar surface area (TPSA) is 41.1 Å². The Labute approximate surface area is 124 Å². The summed E-state index contributed by atoms with van der Waals surface area (Å²) in [6, 6.07) is -0.339. The van der Waals surface area contributed by atoms with Gasteiger partial charge in [0.05, 0.1) is 11.5 Å². The Balaban J connectivity index is 1.95. The molecule has 3 atom stereocenters. The third-order valence-electron chi connectivity index (χ3n) is 4.83. The SMILES string of the molecule is CCCC1(C(=O)NC2CCCC(C(F)(F)F)C2)CCCN1. The highest BCUT2D eigenvalue weighted by Crippen LogP contribution is 2.37. The first kappa shape index (κ1) is 16.6. The summed E-state index contributed by atoms with van der Waals surface area (Å²) in [5.41, 5.74) is -0.556. The minimum Gasteiger partial charge on any atom is -0.352 e. The molecule has 0 aromatic heterocycles. The molecule has 3 unspecified atom stereocenters. The normalized spacial score (nSPS) is 33.9. The molecule has 1 saturated carbocycles. The van der Waals surface area contributed by atoms with Gasteiger partial charge in [-0.2, -0.15) is 13.2 Å². The fraction of sp³-hybridized carbons (Fsp3) is 0.933. The number of carbonyl (C=O) groups is 1. The average molecular weight is 306 g/mol. The van der Waals surface area contributed by atoms with Crippen molar-refractivity contribution in [2.75, 3.05) is 6.54 Å². The van der Waals surface area contributed by atoms with Crippen molar-refractivity contribution in [3.8, 4) is 0 Å². The van der Waals surface area contributed by atoms with Gasteiger partial charge in [-0.25, -0.2) is 0 Å². The Morgan fingerprint density at radius 3 is 2.67 bits per heavy atom. The van der Waals surface area contributed by atoms with Crippen LogP contribution in [0.15, 0.2) is 0 Å². The summed E-state index contributed by atoms with van der Waals surface area (Å²) in [6.07, 6.45) is 0.613. The van der Waals surface area contributed by atoms with Gasteiger partial charge in [-0.15, -0.1) is 0 Å². The molecule has 1 amide bonds. The van der Waals surface area contributed by atoms with Crippen molar-refractivity contribution in [1.82, 2.24) is 10.6 Å². The second-order valence-electron chi connectivity index (χ2n) is 6.44. The van der Waals surface area contributed by atoms with Crippen molar-refractivity contribution >= 4 is 5.91 Å². The van der Waals surface area contributed by atoms with E-state index in [2.05, 4.69) is 10.6 Å².